The van der Waals surface area contributed by atoms with Crippen molar-refractivity contribution in [1.82, 2.24) is 25.8 Å². The maximum Gasteiger partial charge on any atom is 0.309 e. The molecule has 4 amide bonds. The Kier molecular flexibility index (Phi) is 9.80. The van der Waals surface area contributed by atoms with E-state index in [1.165, 1.54) is 16.2 Å². The highest BCUT2D eigenvalue weighted by molar-refractivity contribution is 7.13. The van der Waals surface area contributed by atoms with Crippen LogP contribution in [-0.4, -0.2) is 74.4 Å². The molecule has 0 spiro atoms. The number of β-amino-alcohol motifs (C(OH)–C–C–N with tert-alkyl or cyclic N) is 1. The largest absolute Gasteiger partial charge is 0.391 e. The Morgan fingerprint density at radius 2 is 1.82 bits per heavy atom. The minimum atomic E-state index is -1.12. The first-order chi connectivity index (χ1) is 20.6. The van der Waals surface area contributed by atoms with Crippen molar-refractivity contribution in [1.29, 1.82) is 0 Å². The van der Waals surface area contributed by atoms with Gasteiger partial charge in [0.1, 0.15) is 12.1 Å². The van der Waals surface area contributed by atoms with E-state index in [4.69, 9.17) is 6.57 Å². The van der Waals surface area contributed by atoms with E-state index >= 15 is 0 Å². The number of likely N-dealkylation sites (tertiary alicyclic amines) is 1. The van der Waals surface area contributed by atoms with Gasteiger partial charge in [-0.15, -0.1) is 11.3 Å². The fraction of sp³-hybridized carbons (Fsp3) is 0.562. The lowest BCUT2D eigenvalue weighted by molar-refractivity contribution is -0.143. The summed E-state index contributed by atoms with van der Waals surface area (Å²) in [6, 6.07) is 4.92. The molecule has 0 bridgehead atoms. The number of rotatable bonds is 10. The first-order valence-electron chi connectivity index (χ1n) is 14.9. The molecule has 4 atom stereocenters. The molecule has 12 heteroatoms. The summed E-state index contributed by atoms with van der Waals surface area (Å²) < 4.78 is 0. The highest BCUT2D eigenvalue weighted by Gasteiger charge is 2.59. The highest BCUT2D eigenvalue weighted by Crippen LogP contribution is 2.40. The van der Waals surface area contributed by atoms with Crippen LogP contribution in [0.25, 0.3) is 15.3 Å². The number of benzene rings is 1. The Hall–Kier alpha value is -3.82. The van der Waals surface area contributed by atoms with Crippen LogP contribution < -0.4 is 16.0 Å². The summed E-state index contributed by atoms with van der Waals surface area (Å²) >= 11 is 1.53. The Labute approximate surface area is 262 Å². The van der Waals surface area contributed by atoms with E-state index in [-0.39, 0.29) is 31.2 Å². The van der Waals surface area contributed by atoms with Crippen molar-refractivity contribution >= 4 is 35.0 Å². The van der Waals surface area contributed by atoms with Crippen LogP contribution in [0.5, 0.6) is 0 Å². The number of carbonyl (C=O) groups is 4. The summed E-state index contributed by atoms with van der Waals surface area (Å²) in [4.78, 5) is 63.5. The summed E-state index contributed by atoms with van der Waals surface area (Å²) in [6.07, 6.45) is -0.0460. The average molecular weight is 623 g/mol. The van der Waals surface area contributed by atoms with Crippen LogP contribution in [0, 0.1) is 19.4 Å². The fourth-order valence-electron chi connectivity index (χ4n) is 5.40. The van der Waals surface area contributed by atoms with Crippen molar-refractivity contribution in [3.8, 4) is 10.4 Å². The molecule has 1 saturated heterocycles. The molecule has 2 aliphatic rings. The van der Waals surface area contributed by atoms with E-state index in [2.05, 4.69) is 25.8 Å². The minimum absolute atomic E-state index is 0.0207. The van der Waals surface area contributed by atoms with Gasteiger partial charge in [0, 0.05) is 31.3 Å². The second-order valence-corrected chi connectivity index (χ2v) is 14.0. The SMILES string of the molecule is [C-]#[N+]C1(C(=O)N[C@H](C(=O)N2C[C@H](O)C[C@H]2C(=O)N[C@@H](CC(=O)NC(C)(C)C)c2ccc(-c3scnc3C)cc2)C(C)C)CC1. The summed E-state index contributed by atoms with van der Waals surface area (Å²) in [6.45, 7) is 18.4. The monoisotopic (exact) mass is 622 g/mol. The van der Waals surface area contributed by atoms with Gasteiger partial charge in [-0.05, 0) is 44.7 Å². The topological polar surface area (TPSA) is 145 Å². The molecule has 2 heterocycles. The molecule has 1 aromatic carbocycles. The summed E-state index contributed by atoms with van der Waals surface area (Å²) in [7, 11) is 0. The van der Waals surface area contributed by atoms with Gasteiger partial charge >= 0.3 is 11.4 Å². The van der Waals surface area contributed by atoms with Gasteiger partial charge in [0.2, 0.25) is 17.7 Å². The standard InChI is InChI=1S/C32H42N6O5S/c1-18(2)26(36-30(43)32(33-7)12-13-32)29(42)38-16-22(39)14-24(38)28(41)35-23(15-25(40)37-31(4,5)6)20-8-10-21(11-9-20)27-19(3)34-17-44-27/h8-11,17-18,22-24,26,39H,12-16H2,1-6H3,(H,35,41)(H,36,43)(H,37,40)/t22-,23+,24+,26+/m1/s1. The van der Waals surface area contributed by atoms with Gasteiger partial charge in [-0.3, -0.25) is 24.0 Å². The van der Waals surface area contributed by atoms with E-state index in [1.54, 1.807) is 19.4 Å². The number of carbonyl (C=O) groups excluding carboxylic acids is 4. The predicted molar refractivity (Wildman–Crippen MR) is 167 cm³/mol. The molecule has 2 fully saturated rings. The normalized spacial score (nSPS) is 20.4. The van der Waals surface area contributed by atoms with Crippen molar-refractivity contribution in [2.75, 3.05) is 6.54 Å². The molecule has 1 saturated carbocycles. The van der Waals surface area contributed by atoms with Crippen molar-refractivity contribution in [3.63, 3.8) is 0 Å². The Morgan fingerprint density at radius 1 is 1.16 bits per heavy atom. The summed E-state index contributed by atoms with van der Waals surface area (Å²) in [5, 5.41) is 19.2. The zero-order valence-electron chi connectivity index (χ0n) is 26.1. The fourth-order valence-corrected chi connectivity index (χ4v) is 6.21. The van der Waals surface area contributed by atoms with Crippen LogP contribution in [0.3, 0.4) is 0 Å². The van der Waals surface area contributed by atoms with Crippen LogP contribution in [0.15, 0.2) is 29.8 Å². The number of hydrogen-bond acceptors (Lipinski definition) is 7. The zero-order valence-corrected chi connectivity index (χ0v) is 27.0. The molecule has 44 heavy (non-hydrogen) atoms. The second-order valence-electron chi connectivity index (χ2n) is 13.2. The molecule has 0 radical (unpaired) electrons. The van der Waals surface area contributed by atoms with E-state index in [9.17, 15) is 24.3 Å². The number of aryl methyl sites for hydroxylation is 1. The maximum atomic E-state index is 13.8. The third-order valence-electron chi connectivity index (χ3n) is 7.99. The van der Waals surface area contributed by atoms with Gasteiger partial charge in [0.05, 0.1) is 34.6 Å². The van der Waals surface area contributed by atoms with Crippen LogP contribution in [0.2, 0.25) is 0 Å². The molecule has 1 aromatic heterocycles. The Morgan fingerprint density at radius 3 is 2.34 bits per heavy atom. The number of aliphatic hydroxyl groups excluding tert-OH is 1. The third kappa shape index (κ3) is 7.63. The number of aliphatic hydroxyl groups is 1. The van der Waals surface area contributed by atoms with Crippen LogP contribution in [0.1, 0.15) is 77.6 Å². The van der Waals surface area contributed by atoms with Gasteiger partial charge < -0.3 is 26.0 Å². The molecule has 1 aliphatic heterocycles. The van der Waals surface area contributed by atoms with Gasteiger partial charge in [-0.25, -0.2) is 11.6 Å². The molecule has 1 aliphatic carbocycles. The smallest absolute Gasteiger partial charge is 0.309 e. The summed E-state index contributed by atoms with van der Waals surface area (Å²) in [5.74, 6) is -2.04. The Bertz CT molecular complexity index is 1440. The average Bonchev–Trinajstić information content (AvgIpc) is 3.48. The van der Waals surface area contributed by atoms with Crippen molar-refractivity contribution in [2.45, 2.75) is 103 Å². The molecule has 4 N–H and O–H groups in total. The lowest BCUT2D eigenvalue weighted by atomic mass is 9.99. The first-order valence-corrected chi connectivity index (χ1v) is 15.8. The van der Waals surface area contributed by atoms with Gasteiger partial charge in [0.25, 0.3) is 0 Å². The minimum Gasteiger partial charge on any atom is -0.391 e. The number of thiazole rings is 1. The Balaban J connectivity index is 1.55. The quantitative estimate of drug-likeness (QED) is 0.300. The predicted octanol–water partition coefficient (Wildman–Crippen LogP) is 3.14. The van der Waals surface area contributed by atoms with Crippen molar-refractivity contribution in [3.05, 3.63) is 52.5 Å². The van der Waals surface area contributed by atoms with E-state index in [0.29, 0.717) is 18.4 Å². The highest BCUT2D eigenvalue weighted by atomic mass is 32.1. The number of nitrogens with one attached hydrogen (secondary N) is 3. The number of nitrogens with zero attached hydrogens (tertiary/aromatic N) is 3. The van der Waals surface area contributed by atoms with Crippen LogP contribution >= 0.6 is 11.3 Å². The van der Waals surface area contributed by atoms with Crippen molar-refractivity contribution < 1.29 is 24.3 Å². The molecule has 2 aromatic rings. The molecule has 4 rings (SSSR count). The number of hydrogen-bond donors (Lipinski definition) is 4. The number of aromatic nitrogens is 1. The molecule has 11 nitrogen and oxygen atoms in total. The van der Waals surface area contributed by atoms with Gasteiger partial charge in [0.15, 0.2) is 0 Å². The molecular formula is C32H42N6O5S. The first kappa shape index (κ1) is 33.1. The van der Waals surface area contributed by atoms with E-state index in [1.807, 2.05) is 52.0 Å². The second kappa shape index (κ2) is 13.0. The van der Waals surface area contributed by atoms with Gasteiger partial charge in [-0.1, -0.05) is 38.1 Å². The molecular weight excluding hydrogens is 580 g/mol. The van der Waals surface area contributed by atoms with E-state index in [0.717, 1.165) is 16.1 Å². The molecule has 0 unspecified atom stereocenters. The van der Waals surface area contributed by atoms with Crippen LogP contribution in [0.4, 0.5) is 0 Å². The van der Waals surface area contributed by atoms with E-state index < -0.39 is 53.0 Å². The van der Waals surface area contributed by atoms with Crippen molar-refractivity contribution in [2.24, 2.45) is 5.92 Å². The maximum absolute atomic E-state index is 13.8. The lowest BCUT2D eigenvalue weighted by Gasteiger charge is -2.31. The van der Waals surface area contributed by atoms with Crippen LogP contribution in [-0.2, 0) is 19.2 Å². The lowest BCUT2D eigenvalue weighted by Crippen LogP contribution is -2.56. The van der Waals surface area contributed by atoms with Gasteiger partial charge in [-0.2, -0.15) is 0 Å². The third-order valence-corrected chi connectivity index (χ3v) is 8.96. The molecule has 236 valence electrons. The number of amides is 4. The zero-order chi connectivity index (χ0) is 32.4. The summed E-state index contributed by atoms with van der Waals surface area (Å²) in [5.41, 5.74) is 2.79.